The van der Waals surface area contributed by atoms with E-state index in [-0.39, 0.29) is 18.6 Å². The van der Waals surface area contributed by atoms with Gasteiger partial charge < -0.3 is 15.2 Å². The first-order chi connectivity index (χ1) is 10.1. The maximum Gasteiger partial charge on any atom is 0.244 e. The monoisotopic (exact) mass is 289 g/mol. The van der Waals surface area contributed by atoms with Crippen LogP contribution in [-0.4, -0.2) is 30.8 Å². The van der Waals surface area contributed by atoms with E-state index in [0.717, 1.165) is 29.7 Å². The van der Waals surface area contributed by atoms with Crippen LogP contribution in [0.1, 0.15) is 31.7 Å². The molecule has 0 radical (unpaired) electrons. The summed E-state index contributed by atoms with van der Waals surface area (Å²) in [6.45, 7) is 2.02. The third-order valence-electron chi connectivity index (χ3n) is 3.83. The van der Waals surface area contributed by atoms with Crippen molar-refractivity contribution in [3.8, 4) is 5.75 Å². The van der Waals surface area contributed by atoms with Crippen LogP contribution in [0.25, 0.3) is 5.57 Å². The lowest BCUT2D eigenvalue weighted by atomic mass is 10.1. The second-order valence-corrected chi connectivity index (χ2v) is 5.52. The van der Waals surface area contributed by atoms with E-state index in [0.29, 0.717) is 12.3 Å². The summed E-state index contributed by atoms with van der Waals surface area (Å²) < 4.78 is 5.19. The van der Waals surface area contributed by atoms with Gasteiger partial charge in [0.25, 0.3) is 0 Å². The third-order valence-corrected chi connectivity index (χ3v) is 3.83. The average molecular weight is 289 g/mol. The summed E-state index contributed by atoms with van der Waals surface area (Å²) in [4.78, 5) is 12.1. The number of methoxy groups -OCH3 is 1. The van der Waals surface area contributed by atoms with Crippen LogP contribution < -0.4 is 10.1 Å². The Hall–Kier alpha value is -1.81. The van der Waals surface area contributed by atoms with Crippen molar-refractivity contribution in [2.24, 2.45) is 5.92 Å². The van der Waals surface area contributed by atoms with Crippen LogP contribution in [0.15, 0.2) is 30.3 Å². The number of hydrogen-bond donors (Lipinski definition) is 2. The van der Waals surface area contributed by atoms with Crippen molar-refractivity contribution in [3.05, 3.63) is 35.9 Å². The molecule has 1 fully saturated rings. The van der Waals surface area contributed by atoms with Crippen LogP contribution in [0.5, 0.6) is 5.75 Å². The molecule has 1 saturated carbocycles. The maximum absolute atomic E-state index is 12.1. The summed E-state index contributed by atoms with van der Waals surface area (Å²) in [6, 6.07) is 7.74. The molecule has 0 spiro atoms. The van der Waals surface area contributed by atoms with Crippen LogP contribution in [0.4, 0.5) is 0 Å². The number of rotatable bonds is 7. The molecule has 4 heteroatoms. The standard InChI is InChI=1S/C17H23NO3/c1-12(14-4-3-5-15(11-14)21-2)10-17(20)18-16(8-9-19)13-6-7-13/h3-5,10-11,13,16,19H,6-9H2,1-2H3,(H,18,20)/b12-10+. The SMILES string of the molecule is COc1cccc(/C(C)=C/C(=O)NC(CCO)C2CC2)c1. The van der Waals surface area contributed by atoms with Gasteiger partial charge in [0.05, 0.1) is 7.11 Å². The largest absolute Gasteiger partial charge is 0.497 e. The summed E-state index contributed by atoms with van der Waals surface area (Å²) in [6.07, 6.45) is 4.52. The number of carbonyl (C=O) groups excluding carboxylic acids is 1. The third kappa shape index (κ3) is 4.60. The molecule has 1 aromatic carbocycles. The molecule has 0 aliphatic heterocycles. The van der Waals surface area contributed by atoms with Gasteiger partial charge in [-0.2, -0.15) is 0 Å². The van der Waals surface area contributed by atoms with E-state index in [1.165, 1.54) is 0 Å². The topological polar surface area (TPSA) is 58.6 Å². The lowest BCUT2D eigenvalue weighted by Crippen LogP contribution is -2.36. The van der Waals surface area contributed by atoms with E-state index >= 15 is 0 Å². The van der Waals surface area contributed by atoms with Gasteiger partial charge in [-0.25, -0.2) is 0 Å². The average Bonchev–Trinajstić information content (AvgIpc) is 3.31. The molecule has 2 N–H and O–H groups in total. The predicted molar refractivity (Wildman–Crippen MR) is 83.0 cm³/mol. The molecule has 0 saturated heterocycles. The van der Waals surface area contributed by atoms with Gasteiger partial charge >= 0.3 is 0 Å². The van der Waals surface area contributed by atoms with Crippen LogP contribution in [-0.2, 0) is 4.79 Å². The number of benzene rings is 1. The minimum absolute atomic E-state index is 0.0943. The summed E-state index contributed by atoms with van der Waals surface area (Å²) in [5, 5.41) is 12.1. The van der Waals surface area contributed by atoms with Gasteiger partial charge in [-0.3, -0.25) is 4.79 Å². The van der Waals surface area contributed by atoms with Crippen molar-refractivity contribution in [1.29, 1.82) is 0 Å². The fourth-order valence-corrected chi connectivity index (χ4v) is 2.44. The Morgan fingerprint density at radius 3 is 2.90 bits per heavy atom. The quantitative estimate of drug-likeness (QED) is 0.758. The van der Waals surface area contributed by atoms with E-state index < -0.39 is 0 Å². The molecule has 1 unspecified atom stereocenters. The Morgan fingerprint density at radius 1 is 1.52 bits per heavy atom. The van der Waals surface area contributed by atoms with E-state index in [4.69, 9.17) is 9.84 Å². The molecule has 0 aromatic heterocycles. The Morgan fingerprint density at radius 2 is 2.29 bits per heavy atom. The van der Waals surface area contributed by atoms with Crippen molar-refractivity contribution in [2.75, 3.05) is 13.7 Å². The molecule has 4 nitrogen and oxygen atoms in total. The van der Waals surface area contributed by atoms with Crippen molar-refractivity contribution in [3.63, 3.8) is 0 Å². The van der Waals surface area contributed by atoms with Gasteiger partial charge in [0, 0.05) is 18.7 Å². The minimum Gasteiger partial charge on any atom is -0.497 e. The molecule has 1 aliphatic rings. The van der Waals surface area contributed by atoms with Crippen LogP contribution in [0.2, 0.25) is 0 Å². The summed E-state index contributed by atoms with van der Waals surface area (Å²) in [5.74, 6) is 1.21. The zero-order chi connectivity index (χ0) is 15.2. The fourth-order valence-electron chi connectivity index (χ4n) is 2.44. The number of allylic oxidation sites excluding steroid dienone is 1. The highest BCUT2D eigenvalue weighted by atomic mass is 16.5. The molecule has 0 bridgehead atoms. The number of aliphatic hydroxyl groups excluding tert-OH is 1. The minimum atomic E-state index is -0.0966. The van der Waals surface area contributed by atoms with Gasteiger partial charge in [-0.15, -0.1) is 0 Å². The number of nitrogens with one attached hydrogen (secondary N) is 1. The molecule has 1 aromatic rings. The van der Waals surface area contributed by atoms with Crippen LogP contribution in [0.3, 0.4) is 0 Å². The van der Waals surface area contributed by atoms with Gasteiger partial charge in [-0.1, -0.05) is 12.1 Å². The van der Waals surface area contributed by atoms with E-state index in [1.807, 2.05) is 31.2 Å². The molecular weight excluding hydrogens is 266 g/mol. The first-order valence-electron chi connectivity index (χ1n) is 7.38. The van der Waals surface area contributed by atoms with Crippen molar-refractivity contribution >= 4 is 11.5 Å². The predicted octanol–water partition coefficient (Wildman–Crippen LogP) is 2.38. The zero-order valence-electron chi connectivity index (χ0n) is 12.6. The first kappa shape index (κ1) is 15.6. The maximum atomic E-state index is 12.1. The fraction of sp³-hybridized carbons (Fsp3) is 0.471. The van der Waals surface area contributed by atoms with Gasteiger partial charge in [0.1, 0.15) is 5.75 Å². The molecular formula is C17H23NO3. The highest BCUT2D eigenvalue weighted by Crippen LogP contribution is 2.34. The second kappa shape index (κ2) is 7.27. The van der Waals surface area contributed by atoms with E-state index in [1.54, 1.807) is 13.2 Å². The van der Waals surface area contributed by atoms with E-state index in [2.05, 4.69) is 5.32 Å². The van der Waals surface area contributed by atoms with E-state index in [9.17, 15) is 4.79 Å². The Bertz CT molecular complexity index is 521. The molecule has 0 heterocycles. The summed E-state index contributed by atoms with van der Waals surface area (Å²) in [5.41, 5.74) is 1.86. The molecule has 114 valence electrons. The molecule has 1 atom stereocenters. The lowest BCUT2D eigenvalue weighted by Gasteiger charge is -2.16. The molecule has 1 aliphatic carbocycles. The zero-order valence-corrected chi connectivity index (χ0v) is 12.6. The number of hydrogen-bond acceptors (Lipinski definition) is 3. The van der Waals surface area contributed by atoms with Crippen molar-refractivity contribution < 1.29 is 14.6 Å². The molecule has 1 amide bonds. The number of ether oxygens (including phenoxy) is 1. The van der Waals surface area contributed by atoms with Crippen molar-refractivity contribution in [1.82, 2.24) is 5.32 Å². The highest BCUT2D eigenvalue weighted by molar-refractivity contribution is 5.95. The first-order valence-corrected chi connectivity index (χ1v) is 7.38. The Labute approximate surface area is 125 Å². The van der Waals surface area contributed by atoms with Crippen molar-refractivity contribution in [2.45, 2.75) is 32.2 Å². The summed E-state index contributed by atoms with van der Waals surface area (Å²) in [7, 11) is 1.62. The normalized spacial score (nSPS) is 16.4. The smallest absolute Gasteiger partial charge is 0.244 e. The van der Waals surface area contributed by atoms with Gasteiger partial charge in [-0.05, 0) is 55.4 Å². The number of aliphatic hydroxyl groups is 1. The van der Waals surface area contributed by atoms with Crippen LogP contribution in [0, 0.1) is 5.92 Å². The van der Waals surface area contributed by atoms with Gasteiger partial charge in [0.2, 0.25) is 5.91 Å². The number of carbonyl (C=O) groups is 1. The van der Waals surface area contributed by atoms with Crippen LogP contribution >= 0.6 is 0 Å². The second-order valence-electron chi connectivity index (χ2n) is 5.52. The molecule has 2 rings (SSSR count). The molecule has 21 heavy (non-hydrogen) atoms. The number of amides is 1. The lowest BCUT2D eigenvalue weighted by molar-refractivity contribution is -0.117. The highest BCUT2D eigenvalue weighted by Gasteiger charge is 2.31. The summed E-state index contributed by atoms with van der Waals surface area (Å²) >= 11 is 0. The van der Waals surface area contributed by atoms with Gasteiger partial charge in [0.15, 0.2) is 0 Å². The Kier molecular flexibility index (Phi) is 5.39. The Balaban J connectivity index is 2.01.